The monoisotopic (exact) mass is 281 g/mol. The molecule has 0 rings (SSSR count). The van der Waals surface area contributed by atoms with Crippen LogP contribution in [0.2, 0.25) is 0 Å². The zero-order chi connectivity index (χ0) is 14.2. The molecule has 0 unspecified atom stereocenters. The molecule has 0 spiro atoms. The van der Waals surface area contributed by atoms with E-state index in [-0.39, 0.29) is 25.9 Å². The lowest BCUT2D eigenvalue weighted by molar-refractivity contribution is -0.125. The second-order valence-electron chi connectivity index (χ2n) is 3.43. The summed E-state index contributed by atoms with van der Waals surface area (Å²) in [5.74, 6) is -1.44. The number of rotatable bonds is 10. The van der Waals surface area contributed by atoms with Crippen molar-refractivity contribution in [3.05, 3.63) is 0 Å². The molecule has 0 aliphatic heterocycles. The van der Waals surface area contributed by atoms with Gasteiger partial charge in [0, 0.05) is 0 Å². The van der Waals surface area contributed by atoms with Gasteiger partial charge in [0.1, 0.15) is 0 Å². The number of hydrogen-bond acceptors (Lipinski definition) is 6. The van der Waals surface area contributed by atoms with Gasteiger partial charge in [-0.25, -0.2) is 0 Å². The van der Waals surface area contributed by atoms with Gasteiger partial charge in [-0.3, -0.25) is 19.5 Å². The number of hydrogen-bond donors (Lipinski definition) is 3. The van der Waals surface area contributed by atoms with Crippen molar-refractivity contribution in [1.29, 1.82) is 0 Å². The van der Waals surface area contributed by atoms with E-state index in [1.165, 1.54) is 0 Å². The minimum Gasteiger partial charge on any atom is -0.370 e. The van der Waals surface area contributed by atoms with E-state index >= 15 is 0 Å². The van der Waals surface area contributed by atoms with Crippen LogP contribution in [0.1, 0.15) is 20.3 Å². The van der Waals surface area contributed by atoms with Gasteiger partial charge in [-0.15, -0.1) is 0 Å². The molecule has 0 fully saturated rings. The molecule has 0 aliphatic carbocycles. The average Bonchev–Trinajstić information content (AvgIpc) is 2.24. The van der Waals surface area contributed by atoms with Gasteiger partial charge >= 0.3 is 7.60 Å². The molecule has 1 atom stereocenters. The minimum atomic E-state index is -3.33. The number of carbonyl (C=O) groups excluding carboxylic acids is 2. The fourth-order valence-corrected chi connectivity index (χ4v) is 2.71. The van der Waals surface area contributed by atoms with Gasteiger partial charge in [0.2, 0.25) is 11.8 Å². The Kier molecular flexibility index (Phi) is 7.77. The van der Waals surface area contributed by atoms with Gasteiger partial charge in [-0.05, 0) is 13.8 Å². The zero-order valence-corrected chi connectivity index (χ0v) is 11.4. The maximum atomic E-state index is 12.1. The topological polar surface area (TPSA) is 134 Å². The first-order valence-electron chi connectivity index (χ1n) is 5.53. The summed E-state index contributed by atoms with van der Waals surface area (Å²) in [7, 11) is -3.33. The second kappa shape index (κ2) is 8.20. The van der Waals surface area contributed by atoms with E-state index < -0.39 is 25.5 Å². The Hall–Kier alpha value is -0.950. The van der Waals surface area contributed by atoms with Crippen LogP contribution in [0, 0.1) is 0 Å². The molecular formula is C9H20N3O5P. The highest BCUT2D eigenvalue weighted by molar-refractivity contribution is 7.53. The van der Waals surface area contributed by atoms with Gasteiger partial charge in [-0.2, -0.15) is 0 Å². The minimum absolute atomic E-state index is 0.204. The predicted molar refractivity (Wildman–Crippen MR) is 65.7 cm³/mol. The lowest BCUT2D eigenvalue weighted by Gasteiger charge is -2.20. The Balaban J connectivity index is 4.50. The van der Waals surface area contributed by atoms with E-state index in [2.05, 4.69) is 5.32 Å². The Labute approximate surface area is 106 Å². The highest BCUT2D eigenvalue weighted by Crippen LogP contribution is 2.46. The average molecular weight is 281 g/mol. The smallest absolute Gasteiger partial charge is 0.344 e. The van der Waals surface area contributed by atoms with Gasteiger partial charge < -0.3 is 20.5 Å². The van der Waals surface area contributed by atoms with Crippen molar-refractivity contribution in [2.75, 3.05) is 19.5 Å². The molecule has 0 aromatic carbocycles. The molecule has 0 aromatic rings. The SMILES string of the molecule is CCOP(=O)(CN[C@@H](CC(N)=O)C(N)=O)OCC. The fourth-order valence-electron chi connectivity index (χ4n) is 1.22. The molecule has 0 aromatic heterocycles. The van der Waals surface area contributed by atoms with Crippen LogP contribution < -0.4 is 16.8 Å². The van der Waals surface area contributed by atoms with Crippen molar-refractivity contribution in [1.82, 2.24) is 5.32 Å². The van der Waals surface area contributed by atoms with Gasteiger partial charge in [0.05, 0.1) is 32.0 Å². The van der Waals surface area contributed by atoms with E-state index in [4.69, 9.17) is 20.5 Å². The molecule has 2 amide bonds. The molecule has 0 radical (unpaired) electrons. The number of carbonyl (C=O) groups is 2. The maximum absolute atomic E-state index is 12.1. The quantitative estimate of drug-likeness (QED) is 0.463. The first kappa shape index (κ1) is 17.1. The van der Waals surface area contributed by atoms with Crippen molar-refractivity contribution in [2.24, 2.45) is 11.5 Å². The summed E-state index contributed by atoms with van der Waals surface area (Å²) in [5.41, 5.74) is 10.1. The summed E-state index contributed by atoms with van der Waals surface area (Å²) in [6, 6.07) is -0.989. The van der Waals surface area contributed by atoms with Crippen LogP contribution in [0.3, 0.4) is 0 Å². The zero-order valence-electron chi connectivity index (χ0n) is 10.5. The fraction of sp³-hybridized carbons (Fsp3) is 0.778. The number of primary amides is 2. The molecule has 8 nitrogen and oxygen atoms in total. The predicted octanol–water partition coefficient (Wildman–Crippen LogP) is -0.471. The summed E-state index contributed by atoms with van der Waals surface area (Å²) in [6.07, 6.45) is -0.483. The largest absolute Gasteiger partial charge is 0.370 e. The van der Waals surface area contributed by atoms with Crippen molar-refractivity contribution in [3.8, 4) is 0 Å². The lowest BCUT2D eigenvalue weighted by Crippen LogP contribution is -2.44. The van der Waals surface area contributed by atoms with Gasteiger partial charge in [0.15, 0.2) is 0 Å². The lowest BCUT2D eigenvalue weighted by atomic mass is 10.2. The molecule has 0 saturated heterocycles. The first-order chi connectivity index (χ1) is 8.34. The number of nitrogens with two attached hydrogens (primary N) is 2. The van der Waals surface area contributed by atoms with Crippen molar-refractivity contribution in [3.63, 3.8) is 0 Å². The normalized spacial score (nSPS) is 13.2. The Morgan fingerprint density at radius 2 is 1.72 bits per heavy atom. The van der Waals surface area contributed by atoms with Crippen LogP contribution in [-0.2, 0) is 23.2 Å². The number of amides is 2. The standard InChI is InChI=1S/C9H20N3O5P/c1-3-16-18(15,17-4-2)6-12-7(9(11)14)5-8(10)13/h7,12H,3-6H2,1-2H3,(H2,10,13)(H2,11,14)/t7-/m0/s1. The van der Waals surface area contributed by atoms with E-state index in [1.807, 2.05) is 0 Å². The Bertz CT molecular complexity index is 326. The molecule has 106 valence electrons. The van der Waals surface area contributed by atoms with Crippen LogP contribution in [0.4, 0.5) is 0 Å². The summed E-state index contributed by atoms with van der Waals surface area (Å²) in [6.45, 7) is 3.74. The van der Waals surface area contributed by atoms with Crippen molar-refractivity contribution in [2.45, 2.75) is 26.3 Å². The summed E-state index contributed by atoms with van der Waals surface area (Å²) in [5, 5.41) is 2.57. The van der Waals surface area contributed by atoms with E-state index in [9.17, 15) is 14.2 Å². The second-order valence-corrected chi connectivity index (χ2v) is 5.49. The van der Waals surface area contributed by atoms with Crippen LogP contribution in [0.5, 0.6) is 0 Å². The van der Waals surface area contributed by atoms with E-state index in [1.54, 1.807) is 13.8 Å². The van der Waals surface area contributed by atoms with Gasteiger partial charge in [-0.1, -0.05) is 0 Å². The van der Waals surface area contributed by atoms with Crippen LogP contribution >= 0.6 is 7.60 Å². The molecule has 9 heteroatoms. The third-order valence-electron chi connectivity index (χ3n) is 1.93. The molecular weight excluding hydrogens is 261 g/mol. The first-order valence-corrected chi connectivity index (χ1v) is 7.26. The van der Waals surface area contributed by atoms with Crippen LogP contribution in [-0.4, -0.2) is 37.4 Å². The highest BCUT2D eigenvalue weighted by atomic mass is 31.2. The number of nitrogens with one attached hydrogen (secondary N) is 1. The third kappa shape index (κ3) is 6.70. The highest BCUT2D eigenvalue weighted by Gasteiger charge is 2.27. The molecule has 0 saturated carbocycles. The molecule has 0 aliphatic rings. The van der Waals surface area contributed by atoms with Crippen LogP contribution in [0.15, 0.2) is 0 Å². The third-order valence-corrected chi connectivity index (χ3v) is 3.80. The van der Waals surface area contributed by atoms with Crippen molar-refractivity contribution >= 4 is 19.4 Å². The summed E-state index contributed by atoms with van der Waals surface area (Å²) in [4.78, 5) is 21.8. The molecule has 18 heavy (non-hydrogen) atoms. The van der Waals surface area contributed by atoms with Gasteiger partial charge in [0.25, 0.3) is 0 Å². The van der Waals surface area contributed by atoms with Crippen LogP contribution in [0.25, 0.3) is 0 Å². The van der Waals surface area contributed by atoms with E-state index in [0.29, 0.717) is 0 Å². The molecule has 0 bridgehead atoms. The van der Waals surface area contributed by atoms with E-state index in [0.717, 1.165) is 0 Å². The molecule has 5 N–H and O–H groups in total. The maximum Gasteiger partial charge on any atom is 0.344 e. The summed E-state index contributed by atoms with van der Waals surface area (Å²) < 4.78 is 22.1. The Morgan fingerprint density at radius 3 is 2.06 bits per heavy atom. The Morgan fingerprint density at radius 1 is 1.22 bits per heavy atom. The molecule has 0 heterocycles. The van der Waals surface area contributed by atoms with Crippen molar-refractivity contribution < 1.29 is 23.2 Å². The summed E-state index contributed by atoms with van der Waals surface area (Å²) >= 11 is 0.